The fourth-order valence-corrected chi connectivity index (χ4v) is 2.24. The van der Waals surface area contributed by atoms with Crippen molar-refractivity contribution >= 4 is 34.1 Å². The maximum absolute atomic E-state index is 11.1. The molecule has 0 atom stereocenters. The van der Waals surface area contributed by atoms with E-state index in [0.29, 0.717) is 24.0 Å². The fourth-order valence-electron chi connectivity index (χ4n) is 1.66. The Morgan fingerprint density at radius 1 is 1.42 bits per heavy atom. The second-order valence-electron chi connectivity index (χ2n) is 3.81. The van der Waals surface area contributed by atoms with Crippen molar-refractivity contribution in [3.05, 3.63) is 26.9 Å². The van der Waals surface area contributed by atoms with Crippen molar-refractivity contribution in [3.63, 3.8) is 0 Å². The van der Waals surface area contributed by atoms with E-state index in [-0.39, 0.29) is 4.87 Å². The summed E-state index contributed by atoms with van der Waals surface area (Å²) in [5.74, 6) is 1.16. The molecule has 3 aromatic rings. The summed E-state index contributed by atoms with van der Waals surface area (Å²) in [6.07, 6.45) is 1.66. The number of thiazole rings is 1. The highest BCUT2D eigenvalue weighted by atomic mass is 32.1. The van der Waals surface area contributed by atoms with Gasteiger partial charge >= 0.3 is 4.87 Å². The van der Waals surface area contributed by atoms with Gasteiger partial charge in [0.25, 0.3) is 0 Å². The molecule has 0 amide bonds. The predicted octanol–water partition coefficient (Wildman–Crippen LogP) is 0.756. The molecule has 3 heterocycles. The van der Waals surface area contributed by atoms with Crippen LogP contribution in [0.5, 0.6) is 0 Å². The van der Waals surface area contributed by atoms with E-state index in [1.165, 1.54) is 0 Å². The highest BCUT2D eigenvalue weighted by Crippen LogP contribution is 2.20. The van der Waals surface area contributed by atoms with Crippen LogP contribution in [-0.2, 0) is 6.54 Å². The van der Waals surface area contributed by atoms with Gasteiger partial charge in [0.15, 0.2) is 5.65 Å². The molecule has 3 aromatic heterocycles. The van der Waals surface area contributed by atoms with Crippen LogP contribution in [0.1, 0.15) is 5.69 Å². The number of aromatic amines is 2. The number of anilines is 2. The summed E-state index contributed by atoms with van der Waals surface area (Å²) < 4.78 is 0. The fraction of sp³-hybridized carbons (Fsp3) is 0.200. The molecule has 9 heteroatoms. The number of hydrogen-bond acceptors (Lipinski definition) is 7. The van der Waals surface area contributed by atoms with Crippen molar-refractivity contribution in [3.8, 4) is 0 Å². The van der Waals surface area contributed by atoms with Gasteiger partial charge in [-0.15, -0.1) is 0 Å². The van der Waals surface area contributed by atoms with Gasteiger partial charge in [0.1, 0.15) is 5.82 Å². The van der Waals surface area contributed by atoms with Gasteiger partial charge in [-0.2, -0.15) is 15.1 Å². The number of aromatic nitrogens is 5. The number of hydrogen-bond donors (Lipinski definition) is 4. The van der Waals surface area contributed by atoms with Crippen LogP contribution in [0.4, 0.5) is 11.8 Å². The molecule has 0 aliphatic carbocycles. The summed E-state index contributed by atoms with van der Waals surface area (Å²) in [6, 6.07) is 0. The first-order valence-electron chi connectivity index (χ1n) is 5.55. The zero-order valence-corrected chi connectivity index (χ0v) is 10.8. The van der Waals surface area contributed by atoms with Crippen molar-refractivity contribution in [2.24, 2.45) is 0 Å². The molecule has 0 bridgehead atoms. The lowest BCUT2D eigenvalue weighted by Crippen LogP contribution is -2.06. The van der Waals surface area contributed by atoms with E-state index in [2.05, 4.69) is 35.8 Å². The van der Waals surface area contributed by atoms with E-state index >= 15 is 0 Å². The molecule has 0 unspecified atom stereocenters. The first-order valence-corrected chi connectivity index (χ1v) is 6.43. The highest BCUT2D eigenvalue weighted by Gasteiger charge is 2.08. The third kappa shape index (κ3) is 2.27. The van der Waals surface area contributed by atoms with E-state index in [0.717, 1.165) is 22.4 Å². The lowest BCUT2D eigenvalue weighted by Gasteiger charge is -2.06. The summed E-state index contributed by atoms with van der Waals surface area (Å²) in [6.45, 7) is 0.485. The molecule has 0 saturated heterocycles. The molecular formula is C10H11N7OS. The predicted molar refractivity (Wildman–Crippen MR) is 73.5 cm³/mol. The standard InChI is InChI=1S/C10H11N7OS/c1-11-9-15-7(6-3-13-17-8(6)16-9)12-2-5-4-19-10(18)14-5/h3-4H,2H2,1H3,(H,14,18)(H3,11,12,13,15,16,17). The average molecular weight is 277 g/mol. The molecule has 0 saturated carbocycles. The molecule has 98 valence electrons. The highest BCUT2D eigenvalue weighted by molar-refractivity contribution is 7.07. The molecular weight excluding hydrogens is 266 g/mol. The van der Waals surface area contributed by atoms with Crippen molar-refractivity contribution < 1.29 is 0 Å². The normalized spacial score (nSPS) is 10.8. The third-order valence-electron chi connectivity index (χ3n) is 2.55. The van der Waals surface area contributed by atoms with Gasteiger partial charge in [-0.25, -0.2) is 0 Å². The Bertz CT molecular complexity index is 758. The topological polar surface area (TPSA) is 111 Å². The molecule has 4 N–H and O–H groups in total. The third-order valence-corrected chi connectivity index (χ3v) is 3.27. The lowest BCUT2D eigenvalue weighted by atomic mass is 10.4. The zero-order valence-electron chi connectivity index (χ0n) is 10.0. The van der Waals surface area contributed by atoms with Gasteiger partial charge in [-0.05, 0) is 0 Å². The Kier molecular flexibility index (Phi) is 2.88. The van der Waals surface area contributed by atoms with Crippen LogP contribution in [0.3, 0.4) is 0 Å². The van der Waals surface area contributed by atoms with Gasteiger partial charge in [-0.1, -0.05) is 11.3 Å². The Labute approximate surface area is 111 Å². The minimum Gasteiger partial charge on any atom is -0.364 e. The molecule has 19 heavy (non-hydrogen) atoms. The van der Waals surface area contributed by atoms with E-state index in [1.54, 1.807) is 18.6 Å². The van der Waals surface area contributed by atoms with Gasteiger partial charge < -0.3 is 15.6 Å². The van der Waals surface area contributed by atoms with Crippen LogP contribution < -0.4 is 15.5 Å². The van der Waals surface area contributed by atoms with E-state index in [1.807, 2.05) is 0 Å². The molecule has 0 aliphatic rings. The maximum atomic E-state index is 11.1. The van der Waals surface area contributed by atoms with E-state index < -0.39 is 0 Å². The Balaban J connectivity index is 1.90. The smallest absolute Gasteiger partial charge is 0.304 e. The first-order chi connectivity index (χ1) is 9.26. The second-order valence-corrected chi connectivity index (χ2v) is 4.65. The number of nitrogens with zero attached hydrogens (tertiary/aromatic N) is 3. The van der Waals surface area contributed by atoms with Crippen molar-refractivity contribution in [2.45, 2.75) is 6.54 Å². The molecule has 3 rings (SSSR count). The Morgan fingerprint density at radius 2 is 2.32 bits per heavy atom. The van der Waals surface area contributed by atoms with Crippen molar-refractivity contribution in [2.75, 3.05) is 17.7 Å². The number of rotatable bonds is 4. The Hall–Kier alpha value is -2.42. The van der Waals surface area contributed by atoms with Gasteiger partial charge in [0, 0.05) is 18.1 Å². The summed E-state index contributed by atoms with van der Waals surface area (Å²) in [4.78, 5) is 22.3. The van der Waals surface area contributed by atoms with Crippen LogP contribution in [-0.4, -0.2) is 32.2 Å². The van der Waals surface area contributed by atoms with Crippen molar-refractivity contribution in [1.29, 1.82) is 0 Å². The van der Waals surface area contributed by atoms with Crippen LogP contribution in [0.2, 0.25) is 0 Å². The summed E-state index contributed by atoms with van der Waals surface area (Å²) in [7, 11) is 1.75. The molecule has 8 nitrogen and oxygen atoms in total. The number of fused-ring (bicyclic) bond motifs is 1. The minimum atomic E-state index is -0.0659. The van der Waals surface area contributed by atoms with Crippen LogP contribution in [0.25, 0.3) is 11.0 Å². The first kappa shape index (κ1) is 11.7. The second kappa shape index (κ2) is 4.69. The maximum Gasteiger partial charge on any atom is 0.304 e. The van der Waals surface area contributed by atoms with Gasteiger partial charge in [-0.3, -0.25) is 9.89 Å². The van der Waals surface area contributed by atoms with Crippen LogP contribution in [0.15, 0.2) is 16.4 Å². The molecule has 0 spiro atoms. The van der Waals surface area contributed by atoms with E-state index in [9.17, 15) is 4.79 Å². The summed E-state index contributed by atoms with van der Waals surface area (Å²) >= 11 is 1.14. The average Bonchev–Trinajstić information content (AvgIpc) is 3.04. The molecule has 0 radical (unpaired) electrons. The van der Waals surface area contributed by atoms with E-state index in [4.69, 9.17) is 0 Å². The number of H-pyrrole nitrogens is 2. The quantitative estimate of drug-likeness (QED) is 0.560. The Morgan fingerprint density at radius 3 is 3.05 bits per heavy atom. The van der Waals surface area contributed by atoms with Crippen molar-refractivity contribution in [1.82, 2.24) is 25.1 Å². The molecule has 0 fully saturated rings. The van der Waals surface area contributed by atoms with Crippen LogP contribution in [0, 0.1) is 0 Å². The molecule has 0 aliphatic heterocycles. The lowest BCUT2D eigenvalue weighted by molar-refractivity contribution is 1.04. The largest absolute Gasteiger partial charge is 0.364 e. The summed E-state index contributed by atoms with van der Waals surface area (Å²) in [5, 5.41) is 15.4. The zero-order chi connectivity index (χ0) is 13.2. The van der Waals surface area contributed by atoms with Gasteiger partial charge in [0.2, 0.25) is 5.95 Å². The summed E-state index contributed by atoms with van der Waals surface area (Å²) in [5.41, 5.74) is 1.47. The molecule has 0 aromatic carbocycles. The van der Waals surface area contributed by atoms with Gasteiger partial charge in [0.05, 0.1) is 18.1 Å². The SMILES string of the molecule is CNc1nc(NCc2csc(=O)[nH]2)c2cn[nH]c2n1. The number of nitrogens with one attached hydrogen (secondary N) is 4. The van der Waals surface area contributed by atoms with Crippen LogP contribution >= 0.6 is 11.3 Å². The monoisotopic (exact) mass is 277 g/mol. The minimum absolute atomic E-state index is 0.0659.